The van der Waals surface area contributed by atoms with Gasteiger partial charge in [0.25, 0.3) is 5.91 Å². The van der Waals surface area contributed by atoms with Crippen molar-refractivity contribution in [3.05, 3.63) is 64.7 Å². The number of ether oxygens (including phenoxy) is 1. The van der Waals surface area contributed by atoms with Gasteiger partial charge in [-0.1, -0.05) is 24.3 Å². The maximum atomic E-state index is 13.1. The largest absolute Gasteiger partial charge is 0.493 e. The lowest BCUT2D eigenvalue weighted by Crippen LogP contribution is -2.46. The predicted octanol–water partition coefficient (Wildman–Crippen LogP) is 2.48. The van der Waals surface area contributed by atoms with E-state index in [1.165, 1.54) is 11.1 Å². The summed E-state index contributed by atoms with van der Waals surface area (Å²) in [6.45, 7) is 6.31. The molecule has 5 rings (SSSR count). The van der Waals surface area contributed by atoms with Crippen LogP contribution in [-0.2, 0) is 19.4 Å². The summed E-state index contributed by atoms with van der Waals surface area (Å²) >= 11 is 0. The Morgan fingerprint density at radius 3 is 2.64 bits per heavy atom. The quantitative estimate of drug-likeness (QED) is 0.680. The standard InChI is InChI=1S/C27H35N3O3/c31-24(17-29-13-9-21-3-1-2-4-23(21)16-29)18-30-14-10-22-15-25(5-6-26(22)27(30)32)33-19-20-7-11-28-12-8-20/h1-6,15,20,24,28,31H,7-14,16-19H2. The van der Waals surface area contributed by atoms with Gasteiger partial charge in [-0.15, -0.1) is 0 Å². The highest BCUT2D eigenvalue weighted by Gasteiger charge is 2.27. The van der Waals surface area contributed by atoms with Crippen molar-refractivity contribution in [2.75, 3.05) is 45.9 Å². The van der Waals surface area contributed by atoms with Crippen LogP contribution in [0.3, 0.4) is 0 Å². The number of β-amino-alcohol motifs (C(OH)–C–C–N with tert-alkyl or cyclic N) is 1. The molecule has 1 amide bonds. The monoisotopic (exact) mass is 449 g/mol. The van der Waals surface area contributed by atoms with Gasteiger partial charge < -0.3 is 20.1 Å². The molecular formula is C27H35N3O3. The molecule has 1 unspecified atom stereocenters. The molecule has 1 fully saturated rings. The minimum absolute atomic E-state index is 0.0178. The Labute approximate surface area is 196 Å². The molecule has 2 aromatic carbocycles. The van der Waals surface area contributed by atoms with E-state index in [0.29, 0.717) is 25.6 Å². The van der Waals surface area contributed by atoms with E-state index < -0.39 is 6.10 Å². The van der Waals surface area contributed by atoms with Crippen molar-refractivity contribution in [2.24, 2.45) is 5.92 Å². The van der Waals surface area contributed by atoms with Gasteiger partial charge in [-0.05, 0) is 79.6 Å². The van der Waals surface area contributed by atoms with Gasteiger partial charge >= 0.3 is 0 Å². The van der Waals surface area contributed by atoms with E-state index in [0.717, 1.165) is 75.3 Å². The number of aliphatic hydroxyl groups is 1. The van der Waals surface area contributed by atoms with Crippen LogP contribution in [0.15, 0.2) is 42.5 Å². The van der Waals surface area contributed by atoms with Crippen LogP contribution in [0.5, 0.6) is 5.75 Å². The first-order chi connectivity index (χ1) is 16.2. The Balaban J connectivity index is 1.14. The maximum Gasteiger partial charge on any atom is 0.254 e. The average molecular weight is 450 g/mol. The molecule has 6 nitrogen and oxygen atoms in total. The second kappa shape index (κ2) is 10.2. The minimum Gasteiger partial charge on any atom is -0.493 e. The third-order valence-corrected chi connectivity index (χ3v) is 7.30. The summed E-state index contributed by atoms with van der Waals surface area (Å²) in [5.41, 5.74) is 4.55. The highest BCUT2D eigenvalue weighted by molar-refractivity contribution is 5.97. The van der Waals surface area contributed by atoms with E-state index >= 15 is 0 Å². The maximum absolute atomic E-state index is 13.1. The predicted molar refractivity (Wildman–Crippen MR) is 129 cm³/mol. The zero-order valence-corrected chi connectivity index (χ0v) is 19.3. The lowest BCUT2D eigenvalue weighted by atomic mass is 9.97. The van der Waals surface area contributed by atoms with Crippen molar-refractivity contribution in [1.82, 2.24) is 15.1 Å². The van der Waals surface area contributed by atoms with Crippen LogP contribution in [0.1, 0.15) is 39.9 Å². The Morgan fingerprint density at radius 2 is 1.79 bits per heavy atom. The van der Waals surface area contributed by atoms with Gasteiger partial charge in [-0.25, -0.2) is 0 Å². The molecule has 33 heavy (non-hydrogen) atoms. The van der Waals surface area contributed by atoms with Gasteiger partial charge in [0.15, 0.2) is 0 Å². The van der Waals surface area contributed by atoms with Crippen molar-refractivity contribution >= 4 is 5.91 Å². The van der Waals surface area contributed by atoms with Crippen LogP contribution >= 0.6 is 0 Å². The second-order valence-corrected chi connectivity index (χ2v) is 9.73. The van der Waals surface area contributed by atoms with E-state index in [-0.39, 0.29) is 5.91 Å². The summed E-state index contributed by atoms with van der Waals surface area (Å²) in [7, 11) is 0. The number of carbonyl (C=O) groups excluding carboxylic acids is 1. The van der Waals surface area contributed by atoms with Crippen LogP contribution in [-0.4, -0.2) is 72.8 Å². The Hall–Kier alpha value is -2.41. The van der Waals surface area contributed by atoms with Crippen molar-refractivity contribution in [2.45, 2.75) is 38.3 Å². The van der Waals surface area contributed by atoms with Gasteiger partial charge in [0.2, 0.25) is 0 Å². The molecule has 6 heteroatoms. The zero-order chi connectivity index (χ0) is 22.6. The summed E-state index contributed by atoms with van der Waals surface area (Å²) in [5.74, 6) is 1.48. The van der Waals surface area contributed by atoms with Crippen molar-refractivity contribution < 1.29 is 14.6 Å². The molecule has 1 atom stereocenters. The van der Waals surface area contributed by atoms with Crippen molar-refractivity contribution in [1.29, 1.82) is 0 Å². The Kier molecular flexibility index (Phi) is 6.95. The number of nitrogens with zero attached hydrogens (tertiary/aromatic N) is 2. The van der Waals surface area contributed by atoms with Gasteiger partial charge in [0, 0.05) is 38.3 Å². The number of aliphatic hydroxyl groups excluding tert-OH is 1. The molecule has 0 radical (unpaired) electrons. The fourth-order valence-electron chi connectivity index (χ4n) is 5.36. The SMILES string of the molecule is O=C1c2ccc(OCC3CCNCC3)cc2CCN1CC(O)CN1CCc2ccccc2C1. The molecule has 0 spiro atoms. The van der Waals surface area contributed by atoms with E-state index in [4.69, 9.17) is 4.74 Å². The molecule has 2 N–H and O–H groups in total. The fraction of sp³-hybridized carbons (Fsp3) is 0.519. The Bertz CT molecular complexity index is 973. The zero-order valence-electron chi connectivity index (χ0n) is 19.3. The normalized spacial score (nSPS) is 20.3. The lowest BCUT2D eigenvalue weighted by molar-refractivity contribution is 0.0492. The molecule has 176 valence electrons. The molecule has 0 saturated carbocycles. The van der Waals surface area contributed by atoms with E-state index in [2.05, 4.69) is 34.5 Å². The number of carbonyl (C=O) groups is 1. The fourth-order valence-corrected chi connectivity index (χ4v) is 5.36. The van der Waals surface area contributed by atoms with Gasteiger partial charge in [-0.2, -0.15) is 0 Å². The van der Waals surface area contributed by atoms with Gasteiger partial charge in [0.05, 0.1) is 12.7 Å². The highest BCUT2D eigenvalue weighted by atomic mass is 16.5. The van der Waals surface area contributed by atoms with Crippen LogP contribution in [0.2, 0.25) is 0 Å². The molecule has 2 aromatic rings. The number of piperidine rings is 1. The first-order valence-corrected chi connectivity index (χ1v) is 12.4. The smallest absolute Gasteiger partial charge is 0.254 e. The minimum atomic E-state index is -0.548. The van der Waals surface area contributed by atoms with Crippen LogP contribution in [0.4, 0.5) is 0 Å². The van der Waals surface area contributed by atoms with Gasteiger partial charge in [-0.3, -0.25) is 9.69 Å². The molecule has 0 bridgehead atoms. The third-order valence-electron chi connectivity index (χ3n) is 7.30. The van der Waals surface area contributed by atoms with Crippen LogP contribution in [0.25, 0.3) is 0 Å². The number of rotatable bonds is 7. The number of nitrogens with one attached hydrogen (secondary N) is 1. The molecule has 0 aliphatic carbocycles. The third kappa shape index (κ3) is 5.40. The number of hydrogen-bond donors (Lipinski definition) is 2. The first-order valence-electron chi connectivity index (χ1n) is 12.4. The summed E-state index contributed by atoms with van der Waals surface area (Å²) in [6.07, 6.45) is 3.58. The number of hydrogen-bond acceptors (Lipinski definition) is 5. The lowest BCUT2D eigenvalue weighted by Gasteiger charge is -2.34. The van der Waals surface area contributed by atoms with Crippen molar-refractivity contribution in [3.63, 3.8) is 0 Å². The molecule has 0 aromatic heterocycles. The number of amides is 1. The molecule has 3 aliphatic heterocycles. The Morgan fingerprint density at radius 1 is 1.00 bits per heavy atom. The van der Waals surface area contributed by atoms with E-state index in [9.17, 15) is 9.90 Å². The molecule has 3 heterocycles. The average Bonchev–Trinajstić information content (AvgIpc) is 2.85. The first kappa shape index (κ1) is 22.4. The second-order valence-electron chi connectivity index (χ2n) is 9.73. The summed E-state index contributed by atoms with van der Waals surface area (Å²) in [5, 5.41) is 14.1. The number of fused-ring (bicyclic) bond motifs is 2. The van der Waals surface area contributed by atoms with Crippen LogP contribution < -0.4 is 10.1 Å². The van der Waals surface area contributed by atoms with Crippen LogP contribution in [0, 0.1) is 5.92 Å². The van der Waals surface area contributed by atoms with E-state index in [1.54, 1.807) is 4.90 Å². The molecule has 1 saturated heterocycles. The van der Waals surface area contributed by atoms with Crippen molar-refractivity contribution in [3.8, 4) is 5.75 Å². The topological polar surface area (TPSA) is 65.0 Å². The number of benzene rings is 2. The summed E-state index contributed by atoms with van der Waals surface area (Å²) < 4.78 is 6.05. The van der Waals surface area contributed by atoms with Gasteiger partial charge in [0.1, 0.15) is 5.75 Å². The van der Waals surface area contributed by atoms with E-state index in [1.807, 2.05) is 18.2 Å². The summed E-state index contributed by atoms with van der Waals surface area (Å²) in [4.78, 5) is 17.2. The molecular weight excluding hydrogens is 414 g/mol. The molecule has 3 aliphatic rings. The summed E-state index contributed by atoms with van der Waals surface area (Å²) in [6, 6.07) is 14.4. The highest BCUT2D eigenvalue weighted by Crippen LogP contribution is 2.25.